The highest BCUT2D eigenvalue weighted by Gasteiger charge is 2.29. The van der Waals surface area contributed by atoms with Crippen molar-refractivity contribution in [2.45, 2.75) is 25.9 Å². The Balaban J connectivity index is 1.87. The fourth-order valence-corrected chi connectivity index (χ4v) is 4.29. The molecule has 1 aliphatic heterocycles. The molecule has 23 heavy (non-hydrogen) atoms. The quantitative estimate of drug-likeness (QED) is 0.799. The number of aromatic nitrogens is 1. The van der Waals surface area contributed by atoms with Crippen LogP contribution in [0.15, 0.2) is 42.5 Å². The lowest BCUT2D eigenvalue weighted by Gasteiger charge is -2.19. The van der Waals surface area contributed by atoms with Crippen molar-refractivity contribution in [3.63, 3.8) is 0 Å². The second-order valence-electron chi connectivity index (χ2n) is 6.83. The van der Waals surface area contributed by atoms with Crippen LogP contribution in [-0.4, -0.2) is 29.6 Å². The van der Waals surface area contributed by atoms with Gasteiger partial charge in [0.15, 0.2) is 0 Å². The zero-order valence-electron chi connectivity index (χ0n) is 14.0. The minimum Gasteiger partial charge on any atom is -0.341 e. The molecule has 0 radical (unpaired) electrons. The number of rotatable bonds is 3. The summed E-state index contributed by atoms with van der Waals surface area (Å²) in [4.78, 5) is 2.46. The lowest BCUT2D eigenvalue weighted by molar-refractivity contribution is 0.314. The van der Waals surface area contributed by atoms with Gasteiger partial charge in [-0.15, -0.1) is 0 Å². The first-order chi connectivity index (χ1) is 11.2. The molecule has 4 rings (SSSR count). The minimum absolute atomic E-state index is 0.497. The van der Waals surface area contributed by atoms with Gasteiger partial charge in [0, 0.05) is 40.9 Å². The number of aryl methyl sites for hydroxylation is 1. The average molecular weight is 307 g/mol. The van der Waals surface area contributed by atoms with Gasteiger partial charge in [-0.1, -0.05) is 24.3 Å². The molecular formula is C20H25N3. The topological polar surface area (TPSA) is 34.2 Å². The lowest BCUT2D eigenvalue weighted by Crippen LogP contribution is -2.20. The van der Waals surface area contributed by atoms with Crippen LogP contribution in [0.4, 0.5) is 0 Å². The van der Waals surface area contributed by atoms with Gasteiger partial charge in [0.1, 0.15) is 0 Å². The molecule has 2 N–H and O–H groups in total. The molecule has 2 atom stereocenters. The molecule has 1 saturated heterocycles. The van der Waals surface area contributed by atoms with Crippen molar-refractivity contribution in [3.8, 4) is 0 Å². The van der Waals surface area contributed by atoms with E-state index in [4.69, 9.17) is 5.73 Å². The molecule has 1 aromatic heterocycles. The highest BCUT2D eigenvalue weighted by Crippen LogP contribution is 2.37. The molecule has 2 aromatic carbocycles. The summed E-state index contributed by atoms with van der Waals surface area (Å²) in [6, 6.07) is 16.3. The van der Waals surface area contributed by atoms with Crippen LogP contribution in [0.1, 0.15) is 24.9 Å². The Morgan fingerprint density at radius 1 is 1.09 bits per heavy atom. The van der Waals surface area contributed by atoms with Gasteiger partial charge in [-0.3, -0.25) is 4.90 Å². The van der Waals surface area contributed by atoms with Crippen molar-refractivity contribution < 1.29 is 0 Å². The fourth-order valence-electron chi connectivity index (χ4n) is 4.29. The number of nitrogens with zero attached hydrogens (tertiary/aromatic N) is 2. The smallest absolute Gasteiger partial charge is 0.0491 e. The van der Waals surface area contributed by atoms with Crippen LogP contribution < -0.4 is 5.73 Å². The summed E-state index contributed by atoms with van der Waals surface area (Å²) in [5.74, 6) is 0.623. The van der Waals surface area contributed by atoms with E-state index in [0.717, 1.165) is 19.6 Å². The average Bonchev–Trinajstić information content (AvgIpc) is 3.12. The first-order valence-corrected chi connectivity index (χ1v) is 8.64. The van der Waals surface area contributed by atoms with Gasteiger partial charge in [0.2, 0.25) is 0 Å². The first kappa shape index (κ1) is 14.7. The second-order valence-corrected chi connectivity index (χ2v) is 6.83. The Morgan fingerprint density at radius 3 is 2.61 bits per heavy atom. The largest absolute Gasteiger partial charge is 0.341 e. The van der Waals surface area contributed by atoms with E-state index in [1.807, 2.05) is 0 Å². The maximum Gasteiger partial charge on any atom is 0.0491 e. The molecule has 0 spiro atoms. The van der Waals surface area contributed by atoms with Crippen LogP contribution in [0.3, 0.4) is 0 Å². The summed E-state index contributed by atoms with van der Waals surface area (Å²) in [5, 5.41) is 2.74. The number of hydrogen-bond donors (Lipinski definition) is 1. The summed E-state index contributed by atoms with van der Waals surface area (Å²) >= 11 is 0. The molecule has 3 aromatic rings. The van der Waals surface area contributed by atoms with Gasteiger partial charge in [-0.05, 0) is 56.6 Å². The predicted molar refractivity (Wildman–Crippen MR) is 97.7 cm³/mol. The van der Waals surface area contributed by atoms with Gasteiger partial charge in [-0.25, -0.2) is 0 Å². The fraction of sp³-hybridized carbons (Fsp3) is 0.400. The molecule has 0 bridgehead atoms. The van der Waals surface area contributed by atoms with E-state index in [2.05, 4.69) is 65.9 Å². The van der Waals surface area contributed by atoms with Crippen LogP contribution >= 0.6 is 0 Å². The molecule has 0 aliphatic carbocycles. The monoisotopic (exact) mass is 307 g/mol. The normalized spacial score (nSPS) is 22.4. The molecule has 3 nitrogen and oxygen atoms in total. The number of para-hydroxylation sites is 1. The van der Waals surface area contributed by atoms with Crippen molar-refractivity contribution in [1.82, 2.24) is 9.47 Å². The molecule has 1 fully saturated rings. The van der Waals surface area contributed by atoms with E-state index in [1.54, 1.807) is 0 Å². The SMILES string of the molecule is CCn1c2ccccc2c2cc(C3CC(CN)CN3C)ccc21. The Bertz CT molecular complexity index is 849. The standard InChI is InChI=1S/C20H25N3/c1-3-23-18-7-5-4-6-16(18)17-11-15(8-9-19(17)23)20-10-14(12-21)13-22(20)2/h4-9,11,14,20H,3,10,12-13,21H2,1-2H3. The van der Waals surface area contributed by atoms with Crippen LogP contribution in [0.5, 0.6) is 0 Å². The molecule has 3 heteroatoms. The number of nitrogens with two attached hydrogens (primary N) is 1. The molecule has 0 amide bonds. The maximum atomic E-state index is 5.89. The zero-order chi connectivity index (χ0) is 16.0. The minimum atomic E-state index is 0.497. The molecule has 0 saturated carbocycles. The number of fused-ring (bicyclic) bond motifs is 3. The van der Waals surface area contributed by atoms with E-state index in [1.165, 1.54) is 33.8 Å². The van der Waals surface area contributed by atoms with E-state index >= 15 is 0 Å². The summed E-state index contributed by atoms with van der Waals surface area (Å²) < 4.78 is 2.41. The van der Waals surface area contributed by atoms with Crippen LogP contribution in [0.2, 0.25) is 0 Å². The van der Waals surface area contributed by atoms with Gasteiger partial charge in [-0.2, -0.15) is 0 Å². The van der Waals surface area contributed by atoms with Gasteiger partial charge < -0.3 is 10.3 Å². The molecule has 1 aliphatic rings. The van der Waals surface area contributed by atoms with Crippen molar-refractivity contribution >= 4 is 21.8 Å². The second kappa shape index (κ2) is 5.66. The third-order valence-corrected chi connectivity index (χ3v) is 5.47. The van der Waals surface area contributed by atoms with Crippen molar-refractivity contribution in [2.75, 3.05) is 20.1 Å². The Kier molecular flexibility index (Phi) is 3.63. The highest BCUT2D eigenvalue weighted by molar-refractivity contribution is 6.08. The Morgan fingerprint density at radius 2 is 1.87 bits per heavy atom. The lowest BCUT2D eigenvalue weighted by atomic mass is 9.98. The highest BCUT2D eigenvalue weighted by atomic mass is 15.2. The van der Waals surface area contributed by atoms with E-state index in [9.17, 15) is 0 Å². The third kappa shape index (κ3) is 2.27. The third-order valence-electron chi connectivity index (χ3n) is 5.47. The molecule has 120 valence electrons. The Labute approximate surface area is 137 Å². The molecule has 2 unspecified atom stereocenters. The number of hydrogen-bond acceptors (Lipinski definition) is 2. The van der Waals surface area contributed by atoms with E-state index < -0.39 is 0 Å². The van der Waals surface area contributed by atoms with Crippen molar-refractivity contribution in [2.24, 2.45) is 11.7 Å². The van der Waals surface area contributed by atoms with Crippen molar-refractivity contribution in [3.05, 3.63) is 48.0 Å². The van der Waals surface area contributed by atoms with Gasteiger partial charge in [0.05, 0.1) is 0 Å². The van der Waals surface area contributed by atoms with Crippen LogP contribution in [0, 0.1) is 5.92 Å². The number of benzene rings is 2. The summed E-state index contributed by atoms with van der Waals surface area (Å²) in [6.45, 7) is 5.12. The summed E-state index contributed by atoms with van der Waals surface area (Å²) in [7, 11) is 2.22. The van der Waals surface area contributed by atoms with Gasteiger partial charge in [0.25, 0.3) is 0 Å². The first-order valence-electron chi connectivity index (χ1n) is 8.64. The zero-order valence-corrected chi connectivity index (χ0v) is 14.0. The summed E-state index contributed by atoms with van der Waals surface area (Å²) in [5.41, 5.74) is 9.99. The maximum absolute atomic E-state index is 5.89. The van der Waals surface area contributed by atoms with Crippen LogP contribution in [0.25, 0.3) is 21.8 Å². The van der Waals surface area contributed by atoms with Crippen molar-refractivity contribution in [1.29, 1.82) is 0 Å². The van der Waals surface area contributed by atoms with E-state index in [0.29, 0.717) is 12.0 Å². The number of likely N-dealkylation sites (tertiary alicyclic amines) is 1. The summed E-state index contributed by atoms with van der Waals surface area (Å²) in [6.07, 6.45) is 1.17. The molecule has 2 heterocycles. The molecular weight excluding hydrogens is 282 g/mol. The van der Waals surface area contributed by atoms with E-state index in [-0.39, 0.29) is 0 Å². The van der Waals surface area contributed by atoms with Gasteiger partial charge >= 0.3 is 0 Å². The Hall–Kier alpha value is -1.84. The predicted octanol–water partition coefficient (Wildman–Crippen LogP) is 3.77. The van der Waals surface area contributed by atoms with Crippen LogP contribution in [-0.2, 0) is 6.54 Å².